The van der Waals surface area contributed by atoms with Crippen LogP contribution in [-0.4, -0.2) is 5.16 Å². The van der Waals surface area contributed by atoms with E-state index in [0.717, 1.165) is 24.0 Å². The average Bonchev–Trinajstić information content (AvgIpc) is 2.99. The third-order valence-corrected chi connectivity index (χ3v) is 3.99. The Hall–Kier alpha value is -1.77. The summed E-state index contributed by atoms with van der Waals surface area (Å²) in [5.41, 5.74) is 2.34. The Kier molecular flexibility index (Phi) is 6.50. The van der Waals surface area contributed by atoms with Gasteiger partial charge in [-0.1, -0.05) is 69.1 Å². The highest BCUT2D eigenvalue weighted by molar-refractivity contribution is 5.34. The van der Waals surface area contributed by atoms with Crippen LogP contribution in [0.3, 0.4) is 0 Å². The van der Waals surface area contributed by atoms with Crippen molar-refractivity contribution in [3.05, 3.63) is 47.7 Å². The molecule has 0 amide bonds. The van der Waals surface area contributed by atoms with Crippen molar-refractivity contribution in [1.29, 1.82) is 0 Å². The SMILES string of the molecule is CCCC(CCC(C)C)c1cc(NCc2ccccc2)on1. The zero-order valence-electron chi connectivity index (χ0n) is 14.0. The van der Waals surface area contributed by atoms with Gasteiger partial charge in [-0.25, -0.2) is 0 Å². The van der Waals surface area contributed by atoms with Crippen LogP contribution in [0, 0.1) is 5.92 Å². The minimum atomic E-state index is 0.517. The predicted molar refractivity (Wildman–Crippen MR) is 92.0 cm³/mol. The standard InChI is InChI=1S/C19H28N2O/c1-4-8-17(12-11-15(2)3)18-13-19(22-21-18)20-14-16-9-6-5-7-10-16/h5-7,9-10,13,15,17,20H,4,8,11-12,14H2,1-3H3. The second kappa shape index (κ2) is 8.62. The van der Waals surface area contributed by atoms with Gasteiger partial charge in [-0.3, -0.25) is 0 Å². The van der Waals surface area contributed by atoms with E-state index in [2.05, 4.69) is 49.4 Å². The third kappa shape index (κ3) is 5.21. The zero-order chi connectivity index (χ0) is 15.8. The first kappa shape index (κ1) is 16.6. The quantitative estimate of drug-likeness (QED) is 0.654. The van der Waals surface area contributed by atoms with E-state index in [9.17, 15) is 0 Å². The molecule has 0 aliphatic heterocycles. The fourth-order valence-electron chi connectivity index (χ4n) is 2.67. The van der Waals surface area contributed by atoms with E-state index in [4.69, 9.17) is 4.52 Å². The highest BCUT2D eigenvalue weighted by Crippen LogP contribution is 2.29. The Morgan fingerprint density at radius 3 is 2.55 bits per heavy atom. The number of nitrogens with zero attached hydrogens (tertiary/aromatic N) is 1. The van der Waals surface area contributed by atoms with Gasteiger partial charge in [0, 0.05) is 18.5 Å². The highest BCUT2D eigenvalue weighted by Gasteiger charge is 2.16. The summed E-state index contributed by atoms with van der Waals surface area (Å²) in [6, 6.07) is 12.4. The molecule has 1 aromatic heterocycles. The van der Waals surface area contributed by atoms with Crippen molar-refractivity contribution in [3.63, 3.8) is 0 Å². The van der Waals surface area contributed by atoms with Gasteiger partial charge in [0.1, 0.15) is 0 Å². The average molecular weight is 300 g/mol. The van der Waals surface area contributed by atoms with E-state index < -0.39 is 0 Å². The van der Waals surface area contributed by atoms with Crippen LogP contribution in [0.15, 0.2) is 40.9 Å². The van der Waals surface area contributed by atoms with E-state index in [1.807, 2.05) is 18.2 Å². The molecule has 1 atom stereocenters. The van der Waals surface area contributed by atoms with Gasteiger partial charge in [0.05, 0.1) is 5.69 Å². The number of rotatable bonds is 9. The van der Waals surface area contributed by atoms with Crippen molar-refractivity contribution in [2.24, 2.45) is 5.92 Å². The zero-order valence-corrected chi connectivity index (χ0v) is 14.0. The predicted octanol–water partition coefficient (Wildman–Crippen LogP) is 5.61. The van der Waals surface area contributed by atoms with E-state index >= 15 is 0 Å². The first-order valence-corrected chi connectivity index (χ1v) is 8.43. The number of hydrogen-bond acceptors (Lipinski definition) is 3. The van der Waals surface area contributed by atoms with Crippen LogP contribution in [0.1, 0.15) is 63.6 Å². The summed E-state index contributed by atoms with van der Waals surface area (Å²) in [6.45, 7) is 7.55. The summed E-state index contributed by atoms with van der Waals surface area (Å²) in [5, 5.41) is 7.60. The van der Waals surface area contributed by atoms with Gasteiger partial charge in [-0.15, -0.1) is 0 Å². The molecule has 3 nitrogen and oxygen atoms in total. The summed E-state index contributed by atoms with van der Waals surface area (Å²) >= 11 is 0. The van der Waals surface area contributed by atoms with Crippen LogP contribution in [0.4, 0.5) is 5.88 Å². The largest absolute Gasteiger partial charge is 0.350 e. The van der Waals surface area contributed by atoms with Crippen molar-refractivity contribution in [3.8, 4) is 0 Å². The number of benzene rings is 1. The molecule has 3 heteroatoms. The molecule has 0 bridgehead atoms. The molecule has 22 heavy (non-hydrogen) atoms. The summed E-state index contributed by atoms with van der Waals surface area (Å²) in [4.78, 5) is 0. The van der Waals surface area contributed by atoms with Crippen molar-refractivity contribution in [2.75, 3.05) is 5.32 Å². The minimum absolute atomic E-state index is 0.517. The Balaban J connectivity index is 1.93. The molecule has 0 fully saturated rings. The maximum Gasteiger partial charge on any atom is 0.225 e. The first-order valence-electron chi connectivity index (χ1n) is 8.43. The Bertz CT molecular complexity index is 533. The minimum Gasteiger partial charge on any atom is -0.350 e. The topological polar surface area (TPSA) is 38.1 Å². The fraction of sp³-hybridized carbons (Fsp3) is 0.526. The lowest BCUT2D eigenvalue weighted by Gasteiger charge is -2.14. The Labute approximate surface area is 134 Å². The highest BCUT2D eigenvalue weighted by atomic mass is 16.5. The summed E-state index contributed by atoms with van der Waals surface area (Å²) in [7, 11) is 0. The number of hydrogen-bond donors (Lipinski definition) is 1. The maximum atomic E-state index is 5.46. The van der Waals surface area contributed by atoms with Crippen LogP contribution < -0.4 is 5.32 Å². The molecule has 2 rings (SSSR count). The van der Waals surface area contributed by atoms with Gasteiger partial charge in [0.15, 0.2) is 0 Å². The van der Waals surface area contributed by atoms with E-state index in [1.54, 1.807) is 0 Å². The first-order chi connectivity index (χ1) is 10.7. The lowest BCUT2D eigenvalue weighted by atomic mass is 9.91. The maximum absolute atomic E-state index is 5.46. The molecule has 1 unspecified atom stereocenters. The van der Waals surface area contributed by atoms with Gasteiger partial charge in [-0.2, -0.15) is 0 Å². The number of anilines is 1. The summed E-state index contributed by atoms with van der Waals surface area (Å²) in [6.07, 6.45) is 4.79. The van der Waals surface area contributed by atoms with Crippen molar-refractivity contribution < 1.29 is 4.52 Å². The molecular weight excluding hydrogens is 272 g/mol. The molecule has 1 N–H and O–H groups in total. The Morgan fingerprint density at radius 1 is 1.09 bits per heavy atom. The van der Waals surface area contributed by atoms with Crippen molar-refractivity contribution >= 4 is 5.88 Å². The van der Waals surface area contributed by atoms with Crippen molar-refractivity contribution in [1.82, 2.24) is 5.16 Å². The molecule has 0 saturated heterocycles. The molecule has 0 aliphatic carbocycles. The molecular formula is C19H28N2O. The molecule has 1 aromatic carbocycles. The van der Waals surface area contributed by atoms with Gasteiger partial charge in [-0.05, 0) is 24.3 Å². The fourth-order valence-corrected chi connectivity index (χ4v) is 2.67. The molecule has 120 valence electrons. The lowest BCUT2D eigenvalue weighted by molar-refractivity contribution is 0.399. The summed E-state index contributed by atoms with van der Waals surface area (Å²) in [5.74, 6) is 2.02. The molecule has 0 spiro atoms. The van der Waals surface area contributed by atoms with E-state index in [1.165, 1.54) is 31.2 Å². The van der Waals surface area contributed by atoms with Gasteiger partial charge in [0.25, 0.3) is 0 Å². The molecule has 2 aromatic rings. The number of nitrogens with one attached hydrogen (secondary N) is 1. The van der Waals surface area contributed by atoms with Crippen molar-refractivity contribution in [2.45, 2.75) is 58.9 Å². The van der Waals surface area contributed by atoms with Crippen LogP contribution >= 0.6 is 0 Å². The second-order valence-corrected chi connectivity index (χ2v) is 6.41. The smallest absolute Gasteiger partial charge is 0.225 e. The molecule has 1 heterocycles. The van der Waals surface area contributed by atoms with Gasteiger partial charge < -0.3 is 9.84 Å². The summed E-state index contributed by atoms with van der Waals surface area (Å²) < 4.78 is 5.46. The normalized spacial score (nSPS) is 12.5. The van der Waals surface area contributed by atoms with Crippen LogP contribution in [0.25, 0.3) is 0 Å². The lowest BCUT2D eigenvalue weighted by Crippen LogP contribution is -2.01. The molecule has 0 radical (unpaired) electrons. The van der Waals surface area contributed by atoms with Crippen LogP contribution in [0.2, 0.25) is 0 Å². The Morgan fingerprint density at radius 2 is 1.86 bits per heavy atom. The second-order valence-electron chi connectivity index (χ2n) is 6.41. The monoisotopic (exact) mass is 300 g/mol. The molecule has 0 aliphatic rings. The molecule has 0 saturated carbocycles. The van der Waals surface area contributed by atoms with Crippen LogP contribution in [-0.2, 0) is 6.54 Å². The van der Waals surface area contributed by atoms with Gasteiger partial charge in [0.2, 0.25) is 5.88 Å². The third-order valence-electron chi connectivity index (χ3n) is 3.99. The van der Waals surface area contributed by atoms with Crippen LogP contribution in [0.5, 0.6) is 0 Å². The van der Waals surface area contributed by atoms with E-state index in [-0.39, 0.29) is 0 Å². The van der Waals surface area contributed by atoms with Gasteiger partial charge >= 0.3 is 0 Å². The van der Waals surface area contributed by atoms with E-state index in [0.29, 0.717) is 5.92 Å². The number of aromatic nitrogens is 1.